The first-order chi connectivity index (χ1) is 9.88. The number of nitrogens with zero attached hydrogens (tertiary/aromatic N) is 2. The Hall–Kier alpha value is -1.67. The summed E-state index contributed by atoms with van der Waals surface area (Å²) in [6.07, 6.45) is 7.42. The van der Waals surface area contributed by atoms with Crippen molar-refractivity contribution in [1.29, 1.82) is 0 Å². The highest BCUT2D eigenvalue weighted by Crippen LogP contribution is 2.07. The van der Waals surface area contributed by atoms with E-state index in [1.54, 1.807) is 0 Å². The first-order valence-corrected chi connectivity index (χ1v) is 7.53. The molecule has 1 heterocycles. The summed E-state index contributed by atoms with van der Waals surface area (Å²) in [5, 5.41) is 0. The number of benzene rings is 1. The highest BCUT2D eigenvalue weighted by molar-refractivity contribution is 5.14. The lowest BCUT2D eigenvalue weighted by Crippen LogP contribution is -2.24. The summed E-state index contributed by atoms with van der Waals surface area (Å²) >= 11 is 0. The zero-order valence-corrected chi connectivity index (χ0v) is 12.3. The van der Waals surface area contributed by atoms with E-state index < -0.39 is 0 Å². The zero-order chi connectivity index (χ0) is 14.0. The van der Waals surface area contributed by atoms with Gasteiger partial charge in [-0.15, -0.1) is 0 Å². The van der Waals surface area contributed by atoms with Crippen molar-refractivity contribution >= 4 is 0 Å². The number of unbranched alkanes of at least 4 members (excludes halogenated alkanes) is 1. The van der Waals surface area contributed by atoms with Gasteiger partial charge in [-0.05, 0) is 49.5 Å². The zero-order valence-electron chi connectivity index (χ0n) is 12.3. The molecular weight excluding hydrogens is 244 g/mol. The Balaban J connectivity index is 1.69. The number of hydrogen-bond donors (Lipinski definition) is 0. The topological polar surface area (TPSA) is 16.1 Å². The molecule has 0 N–H and O–H groups in total. The maximum Gasteiger partial charge on any atom is 0.0299 e. The van der Waals surface area contributed by atoms with Gasteiger partial charge in [-0.25, -0.2) is 0 Å². The van der Waals surface area contributed by atoms with Gasteiger partial charge in [-0.2, -0.15) is 0 Å². The van der Waals surface area contributed by atoms with Crippen LogP contribution in [-0.4, -0.2) is 23.0 Å². The van der Waals surface area contributed by atoms with Crippen LogP contribution in [0.25, 0.3) is 0 Å². The number of hydrogen-bond acceptors (Lipinski definition) is 2. The molecule has 20 heavy (non-hydrogen) atoms. The molecule has 0 fully saturated rings. The van der Waals surface area contributed by atoms with Crippen molar-refractivity contribution in [3.8, 4) is 0 Å². The molecule has 0 bridgehead atoms. The molecule has 0 aliphatic heterocycles. The van der Waals surface area contributed by atoms with Crippen LogP contribution in [0.15, 0.2) is 54.9 Å². The van der Waals surface area contributed by atoms with Crippen LogP contribution in [-0.2, 0) is 13.0 Å². The monoisotopic (exact) mass is 268 g/mol. The van der Waals surface area contributed by atoms with Crippen molar-refractivity contribution in [2.75, 3.05) is 13.1 Å². The lowest BCUT2D eigenvalue weighted by atomic mass is 10.1. The van der Waals surface area contributed by atoms with E-state index in [0.29, 0.717) is 0 Å². The molecule has 0 atom stereocenters. The normalized spacial score (nSPS) is 10.9. The average molecular weight is 268 g/mol. The number of pyridine rings is 1. The maximum atomic E-state index is 4.16. The molecule has 2 heteroatoms. The van der Waals surface area contributed by atoms with Gasteiger partial charge in [0, 0.05) is 18.9 Å². The summed E-state index contributed by atoms with van der Waals surface area (Å²) in [5.41, 5.74) is 2.75. The molecule has 2 nitrogen and oxygen atoms in total. The summed E-state index contributed by atoms with van der Waals surface area (Å²) in [4.78, 5) is 6.67. The van der Waals surface area contributed by atoms with E-state index in [1.807, 2.05) is 18.5 Å². The fourth-order valence-corrected chi connectivity index (χ4v) is 2.40. The Morgan fingerprint density at radius 3 is 2.45 bits per heavy atom. The predicted octanol–water partition coefficient (Wildman–Crippen LogP) is 3.93. The smallest absolute Gasteiger partial charge is 0.0299 e. The fourth-order valence-electron chi connectivity index (χ4n) is 2.40. The number of rotatable bonds is 8. The number of aromatic nitrogens is 1. The van der Waals surface area contributed by atoms with Crippen LogP contribution in [0.5, 0.6) is 0 Å². The van der Waals surface area contributed by atoms with Gasteiger partial charge in [0.15, 0.2) is 0 Å². The van der Waals surface area contributed by atoms with Crippen LogP contribution in [0.4, 0.5) is 0 Å². The Labute approximate surface area is 122 Å². The highest BCUT2D eigenvalue weighted by Gasteiger charge is 2.03. The third kappa shape index (κ3) is 5.14. The van der Waals surface area contributed by atoms with Gasteiger partial charge < -0.3 is 0 Å². The Morgan fingerprint density at radius 1 is 0.950 bits per heavy atom. The molecule has 1 aromatic heterocycles. The molecule has 106 valence electrons. The van der Waals surface area contributed by atoms with Gasteiger partial charge in [-0.1, -0.05) is 43.3 Å². The first-order valence-electron chi connectivity index (χ1n) is 7.53. The third-order valence-electron chi connectivity index (χ3n) is 3.61. The van der Waals surface area contributed by atoms with E-state index in [-0.39, 0.29) is 0 Å². The fraction of sp³-hybridized carbons (Fsp3) is 0.389. The van der Waals surface area contributed by atoms with E-state index in [1.165, 1.54) is 30.5 Å². The van der Waals surface area contributed by atoms with Gasteiger partial charge in [0.2, 0.25) is 0 Å². The molecule has 0 aliphatic rings. The van der Waals surface area contributed by atoms with Crippen molar-refractivity contribution < 1.29 is 0 Å². The lowest BCUT2D eigenvalue weighted by molar-refractivity contribution is 0.274. The molecule has 0 amide bonds. The second-order valence-electron chi connectivity index (χ2n) is 5.17. The quantitative estimate of drug-likeness (QED) is 0.674. The van der Waals surface area contributed by atoms with E-state index >= 15 is 0 Å². The maximum absolute atomic E-state index is 4.16. The van der Waals surface area contributed by atoms with Crippen molar-refractivity contribution in [1.82, 2.24) is 9.88 Å². The van der Waals surface area contributed by atoms with Gasteiger partial charge >= 0.3 is 0 Å². The molecular formula is C18H24N2. The van der Waals surface area contributed by atoms with Crippen LogP contribution >= 0.6 is 0 Å². The molecule has 0 saturated carbocycles. The van der Waals surface area contributed by atoms with Crippen molar-refractivity contribution in [2.24, 2.45) is 0 Å². The third-order valence-corrected chi connectivity index (χ3v) is 3.61. The van der Waals surface area contributed by atoms with Gasteiger partial charge in [0.25, 0.3) is 0 Å². The van der Waals surface area contributed by atoms with Gasteiger partial charge in [-0.3, -0.25) is 9.88 Å². The Morgan fingerprint density at radius 2 is 1.75 bits per heavy atom. The first kappa shape index (κ1) is 14.7. The van der Waals surface area contributed by atoms with E-state index in [2.05, 4.69) is 53.2 Å². The minimum atomic E-state index is 1.06. The summed E-state index contributed by atoms with van der Waals surface area (Å²) in [7, 11) is 0. The largest absolute Gasteiger partial charge is 0.299 e. The second-order valence-corrected chi connectivity index (χ2v) is 5.17. The van der Waals surface area contributed by atoms with E-state index in [9.17, 15) is 0 Å². The van der Waals surface area contributed by atoms with Crippen LogP contribution in [0.1, 0.15) is 30.9 Å². The van der Waals surface area contributed by atoms with Crippen molar-refractivity contribution in [3.05, 3.63) is 66.0 Å². The van der Waals surface area contributed by atoms with Crippen LogP contribution in [0.2, 0.25) is 0 Å². The van der Waals surface area contributed by atoms with E-state index in [4.69, 9.17) is 0 Å². The van der Waals surface area contributed by atoms with Crippen molar-refractivity contribution in [3.63, 3.8) is 0 Å². The molecule has 2 rings (SSSR count). The Bertz CT molecular complexity index is 467. The SMILES string of the molecule is CCN(CCCCc1cccnc1)Cc1ccccc1. The molecule has 1 aromatic carbocycles. The molecule has 2 aromatic rings. The molecule has 0 spiro atoms. The molecule has 0 saturated heterocycles. The van der Waals surface area contributed by atoms with Crippen LogP contribution in [0, 0.1) is 0 Å². The summed E-state index contributed by atoms with van der Waals surface area (Å²) in [6.45, 7) is 5.59. The summed E-state index contributed by atoms with van der Waals surface area (Å²) < 4.78 is 0. The summed E-state index contributed by atoms with van der Waals surface area (Å²) in [5.74, 6) is 0. The standard InChI is InChI=1S/C18H24N2/c1-2-20(16-18-10-4-3-5-11-18)14-7-6-9-17-12-8-13-19-15-17/h3-5,8,10-13,15H,2,6-7,9,14,16H2,1H3. The molecule has 0 unspecified atom stereocenters. The molecule has 0 aliphatic carbocycles. The van der Waals surface area contributed by atoms with E-state index in [0.717, 1.165) is 19.5 Å². The van der Waals surface area contributed by atoms with Crippen LogP contribution in [0.3, 0.4) is 0 Å². The highest BCUT2D eigenvalue weighted by atomic mass is 15.1. The van der Waals surface area contributed by atoms with Crippen LogP contribution < -0.4 is 0 Å². The predicted molar refractivity (Wildman–Crippen MR) is 84.6 cm³/mol. The summed E-state index contributed by atoms with van der Waals surface area (Å²) in [6, 6.07) is 14.9. The number of aryl methyl sites for hydroxylation is 1. The Kier molecular flexibility index (Phi) is 6.25. The van der Waals surface area contributed by atoms with Gasteiger partial charge in [0.05, 0.1) is 0 Å². The second kappa shape index (κ2) is 8.49. The molecule has 0 radical (unpaired) electrons. The average Bonchev–Trinajstić information content (AvgIpc) is 2.52. The minimum Gasteiger partial charge on any atom is -0.299 e. The van der Waals surface area contributed by atoms with Crippen molar-refractivity contribution in [2.45, 2.75) is 32.7 Å². The minimum absolute atomic E-state index is 1.06. The lowest BCUT2D eigenvalue weighted by Gasteiger charge is -2.20. The van der Waals surface area contributed by atoms with Gasteiger partial charge in [0.1, 0.15) is 0 Å².